The first-order valence-electron chi connectivity index (χ1n) is 12.0. The van der Waals surface area contributed by atoms with Crippen LogP contribution in [0.3, 0.4) is 0 Å². The van der Waals surface area contributed by atoms with E-state index in [2.05, 4.69) is 5.32 Å². The van der Waals surface area contributed by atoms with Gasteiger partial charge in [0.05, 0.1) is 31.3 Å². The van der Waals surface area contributed by atoms with E-state index in [0.29, 0.717) is 46.9 Å². The molecule has 1 N–H and O–H groups in total. The van der Waals surface area contributed by atoms with Gasteiger partial charge in [-0.1, -0.05) is 25.1 Å². The van der Waals surface area contributed by atoms with Crippen molar-refractivity contribution in [2.24, 2.45) is 11.8 Å². The molecule has 3 atom stereocenters. The number of allylic oxidation sites excluding steroid dienone is 3. The van der Waals surface area contributed by atoms with Crippen LogP contribution in [0.15, 0.2) is 46.8 Å². The Morgan fingerprint density at radius 1 is 1.17 bits per heavy atom. The summed E-state index contributed by atoms with van der Waals surface area (Å²) in [7, 11) is 1.28. The van der Waals surface area contributed by atoms with Crippen LogP contribution in [-0.2, 0) is 28.6 Å². The Balaban J connectivity index is 2.14. The van der Waals surface area contributed by atoms with Gasteiger partial charge < -0.3 is 24.3 Å². The molecule has 1 aromatic carbocycles. The number of carbonyl (C=O) groups excluding carboxylic acids is 3. The molecule has 0 unspecified atom stereocenters. The number of nitrogens with one attached hydrogen (secondary N) is 1. The molecule has 0 radical (unpaired) electrons. The Bertz CT molecular complexity index is 1040. The maximum atomic E-state index is 13.8. The van der Waals surface area contributed by atoms with Gasteiger partial charge in [-0.15, -0.1) is 0 Å². The molecule has 8 heteroatoms. The van der Waals surface area contributed by atoms with Crippen molar-refractivity contribution < 1.29 is 33.3 Å². The standard InChI is InChI=1S/C27H35NO7/c1-7-33-12-13-34-27(31)22-17(5)28-19-14-16(4)21(26(30)32-6)25(29)24(19)23(22)18-10-8-9-11-20(18)35-15(2)3/h8-11,15-16,21,23,28H,7,12-14H2,1-6H3/t16-,21-,23+/m1/s1. The predicted octanol–water partition coefficient (Wildman–Crippen LogP) is 3.67. The summed E-state index contributed by atoms with van der Waals surface area (Å²) < 4.78 is 21.8. The van der Waals surface area contributed by atoms with Crippen LogP contribution in [0.4, 0.5) is 0 Å². The fourth-order valence-electron chi connectivity index (χ4n) is 4.76. The highest BCUT2D eigenvalue weighted by Gasteiger charge is 2.47. The van der Waals surface area contributed by atoms with Gasteiger partial charge in [0.25, 0.3) is 0 Å². The minimum absolute atomic E-state index is 0.0853. The van der Waals surface area contributed by atoms with E-state index in [9.17, 15) is 14.4 Å². The van der Waals surface area contributed by atoms with Crippen LogP contribution < -0.4 is 10.1 Å². The number of rotatable bonds is 9. The number of Topliss-reactive ketones (excluding diaryl/α,β-unsaturated/α-hetero) is 1. The zero-order valence-corrected chi connectivity index (χ0v) is 21.3. The molecule has 190 valence electrons. The van der Waals surface area contributed by atoms with Gasteiger partial charge in [-0.3, -0.25) is 9.59 Å². The Labute approximate surface area is 206 Å². The van der Waals surface area contributed by atoms with Crippen molar-refractivity contribution >= 4 is 17.7 Å². The van der Waals surface area contributed by atoms with E-state index < -0.39 is 23.8 Å². The van der Waals surface area contributed by atoms with Gasteiger partial charge in [-0.2, -0.15) is 0 Å². The number of ether oxygens (including phenoxy) is 4. The van der Waals surface area contributed by atoms with Gasteiger partial charge in [0, 0.05) is 29.1 Å². The van der Waals surface area contributed by atoms with Crippen LogP contribution in [0.5, 0.6) is 5.75 Å². The largest absolute Gasteiger partial charge is 0.491 e. The molecule has 0 bridgehead atoms. The third-order valence-corrected chi connectivity index (χ3v) is 6.22. The molecule has 8 nitrogen and oxygen atoms in total. The number of para-hydroxylation sites is 1. The van der Waals surface area contributed by atoms with Crippen molar-refractivity contribution in [1.82, 2.24) is 5.32 Å². The van der Waals surface area contributed by atoms with Crippen molar-refractivity contribution in [2.45, 2.75) is 53.1 Å². The first-order valence-corrected chi connectivity index (χ1v) is 12.0. The number of benzene rings is 1. The third-order valence-electron chi connectivity index (χ3n) is 6.22. The zero-order chi connectivity index (χ0) is 25.7. The quantitative estimate of drug-likeness (QED) is 0.321. The van der Waals surface area contributed by atoms with Gasteiger partial charge in [0.15, 0.2) is 5.78 Å². The van der Waals surface area contributed by atoms with Crippen LogP contribution in [0.1, 0.15) is 52.5 Å². The highest BCUT2D eigenvalue weighted by molar-refractivity contribution is 6.12. The van der Waals surface area contributed by atoms with Crippen molar-refractivity contribution in [2.75, 3.05) is 26.9 Å². The lowest BCUT2D eigenvalue weighted by atomic mass is 9.69. The average molecular weight is 486 g/mol. The molecule has 1 aromatic rings. The molecule has 1 aliphatic carbocycles. The molecule has 0 saturated heterocycles. The van der Waals surface area contributed by atoms with Gasteiger partial charge in [0.2, 0.25) is 0 Å². The van der Waals surface area contributed by atoms with E-state index >= 15 is 0 Å². The molecular weight excluding hydrogens is 450 g/mol. The number of ketones is 1. The monoisotopic (exact) mass is 485 g/mol. The molecule has 0 fully saturated rings. The highest BCUT2D eigenvalue weighted by atomic mass is 16.6. The van der Waals surface area contributed by atoms with E-state index in [0.717, 1.165) is 0 Å². The SMILES string of the molecule is CCOCCOC(=O)C1=C(C)NC2=C(C(=O)[C@H](C(=O)OC)[C@H](C)C2)[C@H]1c1ccccc1OC(C)C. The van der Waals surface area contributed by atoms with Crippen molar-refractivity contribution in [3.63, 3.8) is 0 Å². The van der Waals surface area contributed by atoms with E-state index in [-0.39, 0.29) is 31.0 Å². The molecule has 35 heavy (non-hydrogen) atoms. The number of esters is 2. The van der Waals surface area contributed by atoms with Crippen LogP contribution in [0.25, 0.3) is 0 Å². The summed E-state index contributed by atoms with van der Waals surface area (Å²) in [4.78, 5) is 39.8. The van der Waals surface area contributed by atoms with Crippen LogP contribution in [0, 0.1) is 11.8 Å². The number of dihydropyridines is 1. The first kappa shape index (κ1) is 26.5. The summed E-state index contributed by atoms with van der Waals surface area (Å²) >= 11 is 0. The van der Waals surface area contributed by atoms with E-state index in [1.54, 1.807) is 6.92 Å². The molecule has 1 heterocycles. The Kier molecular flexibility index (Phi) is 8.72. The van der Waals surface area contributed by atoms with Gasteiger partial charge in [-0.05, 0) is 46.1 Å². The fraction of sp³-hybridized carbons (Fsp3) is 0.519. The third kappa shape index (κ3) is 5.59. The van der Waals surface area contributed by atoms with E-state index in [1.807, 2.05) is 52.0 Å². The van der Waals surface area contributed by atoms with Crippen molar-refractivity contribution in [3.05, 3.63) is 52.4 Å². The van der Waals surface area contributed by atoms with Crippen LogP contribution >= 0.6 is 0 Å². The summed E-state index contributed by atoms with van der Waals surface area (Å²) in [5.41, 5.74) is 2.66. The second-order valence-electron chi connectivity index (χ2n) is 9.07. The molecule has 3 rings (SSSR count). The summed E-state index contributed by atoms with van der Waals surface area (Å²) in [6.45, 7) is 10.2. The maximum Gasteiger partial charge on any atom is 0.336 e. The number of methoxy groups -OCH3 is 1. The lowest BCUT2D eigenvalue weighted by Crippen LogP contribution is -2.43. The minimum Gasteiger partial charge on any atom is -0.491 e. The van der Waals surface area contributed by atoms with Crippen molar-refractivity contribution in [1.29, 1.82) is 0 Å². The first-order chi connectivity index (χ1) is 16.7. The maximum absolute atomic E-state index is 13.8. The molecule has 0 amide bonds. The van der Waals surface area contributed by atoms with Crippen molar-refractivity contribution in [3.8, 4) is 5.75 Å². The predicted molar refractivity (Wildman–Crippen MR) is 130 cm³/mol. The topological polar surface area (TPSA) is 100 Å². The van der Waals surface area contributed by atoms with E-state index in [1.165, 1.54) is 7.11 Å². The molecule has 0 aromatic heterocycles. The highest BCUT2D eigenvalue weighted by Crippen LogP contribution is 2.47. The summed E-state index contributed by atoms with van der Waals surface area (Å²) in [5.74, 6) is -2.87. The number of hydrogen-bond donors (Lipinski definition) is 1. The number of carbonyl (C=O) groups is 3. The average Bonchev–Trinajstić information content (AvgIpc) is 2.80. The second-order valence-corrected chi connectivity index (χ2v) is 9.07. The summed E-state index contributed by atoms with van der Waals surface area (Å²) in [5, 5.41) is 3.26. The lowest BCUT2D eigenvalue weighted by molar-refractivity contribution is -0.151. The van der Waals surface area contributed by atoms with Gasteiger partial charge >= 0.3 is 11.9 Å². The normalized spacial score (nSPS) is 22.0. The summed E-state index contributed by atoms with van der Waals surface area (Å²) in [6.07, 6.45) is 0.344. The lowest BCUT2D eigenvalue weighted by Gasteiger charge is -2.38. The Hall–Kier alpha value is -3.13. The molecule has 2 aliphatic rings. The van der Waals surface area contributed by atoms with Gasteiger partial charge in [0.1, 0.15) is 18.3 Å². The number of hydrogen-bond acceptors (Lipinski definition) is 8. The Morgan fingerprint density at radius 2 is 1.89 bits per heavy atom. The fourth-order valence-corrected chi connectivity index (χ4v) is 4.76. The second kappa shape index (κ2) is 11.5. The molecule has 1 aliphatic heterocycles. The minimum atomic E-state index is -0.949. The molecular formula is C27H35NO7. The van der Waals surface area contributed by atoms with E-state index in [4.69, 9.17) is 18.9 Å². The smallest absolute Gasteiger partial charge is 0.336 e. The van der Waals surface area contributed by atoms with Crippen LogP contribution in [-0.4, -0.2) is 50.8 Å². The molecule has 0 saturated carbocycles. The zero-order valence-electron chi connectivity index (χ0n) is 21.3. The molecule has 0 spiro atoms. The summed E-state index contributed by atoms with van der Waals surface area (Å²) in [6, 6.07) is 7.35. The van der Waals surface area contributed by atoms with Crippen LogP contribution in [0.2, 0.25) is 0 Å². The van der Waals surface area contributed by atoms with Gasteiger partial charge in [-0.25, -0.2) is 4.79 Å². The Morgan fingerprint density at radius 3 is 2.54 bits per heavy atom.